The number of benzene rings is 1. The minimum absolute atomic E-state index is 0.195. The fraction of sp³-hybridized carbons (Fsp3) is 0.222. The fourth-order valence-electron chi connectivity index (χ4n) is 1.22. The molecule has 0 unspecified atom stereocenters. The highest BCUT2D eigenvalue weighted by Gasteiger charge is 2.05. The maximum absolute atomic E-state index is 13.2. The molecule has 0 saturated heterocycles. The molecule has 0 spiro atoms. The van der Waals surface area contributed by atoms with Crippen LogP contribution in [-0.2, 0) is 13.6 Å². The zero-order valence-corrected chi connectivity index (χ0v) is 8.48. The van der Waals surface area contributed by atoms with Crippen LogP contribution >= 0.6 is 0 Å². The third-order valence-electron chi connectivity index (χ3n) is 2.07. The normalized spacial score (nSPS) is 10.4. The molecule has 7 heteroatoms. The van der Waals surface area contributed by atoms with Gasteiger partial charge in [-0.15, -0.1) is 0 Å². The van der Waals surface area contributed by atoms with E-state index in [4.69, 9.17) is 0 Å². The van der Waals surface area contributed by atoms with E-state index in [0.717, 1.165) is 6.07 Å². The number of hydrogen-bond donors (Lipinski definition) is 1. The van der Waals surface area contributed by atoms with Gasteiger partial charge in [-0.2, -0.15) is 0 Å². The van der Waals surface area contributed by atoms with Gasteiger partial charge in [0.25, 0.3) is 0 Å². The number of rotatable bonds is 3. The van der Waals surface area contributed by atoms with E-state index < -0.39 is 11.6 Å². The van der Waals surface area contributed by atoms with E-state index in [1.807, 2.05) is 0 Å². The van der Waals surface area contributed by atoms with Crippen LogP contribution in [0.15, 0.2) is 18.2 Å². The lowest BCUT2D eigenvalue weighted by Crippen LogP contribution is -2.07. The zero-order valence-electron chi connectivity index (χ0n) is 8.48. The second kappa shape index (κ2) is 4.21. The summed E-state index contributed by atoms with van der Waals surface area (Å²) in [6.07, 6.45) is 0. The van der Waals surface area contributed by atoms with E-state index in [2.05, 4.69) is 20.8 Å². The number of hydrogen-bond acceptors (Lipinski definition) is 4. The van der Waals surface area contributed by atoms with Gasteiger partial charge in [0.1, 0.15) is 11.6 Å². The Morgan fingerprint density at radius 2 is 2.19 bits per heavy atom. The average Bonchev–Trinajstić information content (AvgIpc) is 2.63. The van der Waals surface area contributed by atoms with Gasteiger partial charge in [0, 0.05) is 25.2 Å². The molecule has 0 aliphatic rings. The van der Waals surface area contributed by atoms with E-state index in [0.29, 0.717) is 11.5 Å². The van der Waals surface area contributed by atoms with E-state index >= 15 is 0 Å². The molecule has 0 atom stereocenters. The van der Waals surface area contributed by atoms with Crippen molar-refractivity contribution >= 4 is 5.95 Å². The van der Waals surface area contributed by atoms with Gasteiger partial charge in [-0.05, 0) is 16.5 Å². The summed E-state index contributed by atoms with van der Waals surface area (Å²) in [5.74, 6) is -0.770. The summed E-state index contributed by atoms with van der Waals surface area (Å²) in [4.78, 5) is 0. The van der Waals surface area contributed by atoms with E-state index in [1.54, 1.807) is 7.05 Å². The Bertz CT molecular complexity index is 496. The molecule has 1 aromatic heterocycles. The van der Waals surface area contributed by atoms with Crippen LogP contribution in [0.5, 0.6) is 0 Å². The molecule has 0 bridgehead atoms. The van der Waals surface area contributed by atoms with Crippen LogP contribution in [0.25, 0.3) is 0 Å². The van der Waals surface area contributed by atoms with Gasteiger partial charge in [0.2, 0.25) is 5.95 Å². The van der Waals surface area contributed by atoms with Gasteiger partial charge >= 0.3 is 0 Å². The molecule has 0 aliphatic carbocycles. The molecule has 1 heterocycles. The van der Waals surface area contributed by atoms with Crippen LogP contribution in [0.2, 0.25) is 0 Å². The minimum Gasteiger partial charge on any atom is -0.349 e. The van der Waals surface area contributed by atoms with Crippen molar-refractivity contribution in [3.05, 3.63) is 35.4 Å². The van der Waals surface area contributed by atoms with Crippen molar-refractivity contribution < 1.29 is 8.78 Å². The molecule has 0 saturated carbocycles. The van der Waals surface area contributed by atoms with E-state index in [1.165, 1.54) is 16.8 Å². The quantitative estimate of drug-likeness (QED) is 0.849. The standard InChI is InChI=1S/C9H9F2N5/c1-16-9(13-14-15-16)12-5-6-2-3-7(10)4-8(6)11/h2-4H,5H2,1H3,(H,12,13,15). The first kappa shape index (κ1) is 10.5. The molecule has 5 nitrogen and oxygen atoms in total. The highest BCUT2D eigenvalue weighted by atomic mass is 19.1. The molecule has 1 aromatic carbocycles. The molecule has 2 rings (SSSR count). The summed E-state index contributed by atoms with van der Waals surface area (Å²) in [5.41, 5.74) is 0.351. The largest absolute Gasteiger partial charge is 0.349 e. The summed E-state index contributed by atoms with van der Waals surface area (Å²) in [5, 5.41) is 13.5. The summed E-state index contributed by atoms with van der Waals surface area (Å²) in [6.45, 7) is 0.195. The van der Waals surface area contributed by atoms with E-state index in [9.17, 15) is 8.78 Å². The van der Waals surface area contributed by atoms with Crippen LogP contribution in [0.1, 0.15) is 5.56 Å². The highest BCUT2D eigenvalue weighted by molar-refractivity contribution is 5.27. The molecule has 0 aliphatic heterocycles. The van der Waals surface area contributed by atoms with Gasteiger partial charge in [0.15, 0.2) is 0 Å². The van der Waals surface area contributed by atoms with Crippen molar-refractivity contribution in [1.29, 1.82) is 0 Å². The lowest BCUT2D eigenvalue weighted by atomic mass is 10.2. The van der Waals surface area contributed by atoms with Crippen molar-refractivity contribution in [2.45, 2.75) is 6.54 Å². The number of aromatic nitrogens is 4. The Balaban J connectivity index is 2.08. The smallest absolute Gasteiger partial charge is 0.242 e. The molecule has 16 heavy (non-hydrogen) atoms. The maximum Gasteiger partial charge on any atom is 0.242 e. The van der Waals surface area contributed by atoms with E-state index in [-0.39, 0.29) is 6.54 Å². The van der Waals surface area contributed by atoms with Gasteiger partial charge in [0.05, 0.1) is 0 Å². The van der Waals surface area contributed by atoms with Crippen LogP contribution in [0.3, 0.4) is 0 Å². The third kappa shape index (κ3) is 2.13. The maximum atomic E-state index is 13.2. The van der Waals surface area contributed by atoms with Gasteiger partial charge in [-0.1, -0.05) is 11.2 Å². The Morgan fingerprint density at radius 1 is 1.38 bits per heavy atom. The minimum atomic E-state index is -0.596. The molecular weight excluding hydrogens is 216 g/mol. The van der Waals surface area contributed by atoms with Gasteiger partial charge < -0.3 is 5.32 Å². The third-order valence-corrected chi connectivity index (χ3v) is 2.07. The predicted octanol–water partition coefficient (Wildman–Crippen LogP) is 1.10. The first-order valence-corrected chi connectivity index (χ1v) is 4.57. The van der Waals surface area contributed by atoms with Crippen molar-refractivity contribution in [3.63, 3.8) is 0 Å². The van der Waals surface area contributed by atoms with Crippen LogP contribution in [0.4, 0.5) is 14.7 Å². The molecule has 84 valence electrons. The van der Waals surface area contributed by atoms with Crippen molar-refractivity contribution in [1.82, 2.24) is 20.2 Å². The Labute approximate surface area is 90.1 Å². The molecular formula is C9H9F2N5. The zero-order chi connectivity index (χ0) is 11.5. The number of anilines is 1. The molecule has 2 aromatic rings. The number of nitrogens with one attached hydrogen (secondary N) is 1. The number of tetrazole rings is 1. The number of aryl methyl sites for hydroxylation is 1. The Morgan fingerprint density at radius 3 is 2.81 bits per heavy atom. The topological polar surface area (TPSA) is 55.6 Å². The van der Waals surface area contributed by atoms with Crippen LogP contribution in [0, 0.1) is 11.6 Å². The SMILES string of the molecule is Cn1nnnc1NCc1ccc(F)cc1F. The first-order chi connectivity index (χ1) is 7.66. The van der Waals surface area contributed by atoms with Gasteiger partial charge in [-0.3, -0.25) is 0 Å². The highest BCUT2D eigenvalue weighted by Crippen LogP contribution is 2.10. The second-order valence-electron chi connectivity index (χ2n) is 3.22. The average molecular weight is 225 g/mol. The monoisotopic (exact) mass is 225 g/mol. The number of nitrogens with zero attached hydrogens (tertiary/aromatic N) is 4. The predicted molar refractivity (Wildman–Crippen MR) is 52.5 cm³/mol. The van der Waals surface area contributed by atoms with Crippen molar-refractivity contribution in [2.24, 2.45) is 7.05 Å². The Kier molecular flexibility index (Phi) is 2.76. The molecule has 0 fully saturated rings. The van der Waals surface area contributed by atoms with Crippen LogP contribution < -0.4 is 5.32 Å². The molecule has 1 N–H and O–H groups in total. The lowest BCUT2D eigenvalue weighted by molar-refractivity contribution is 0.573. The first-order valence-electron chi connectivity index (χ1n) is 4.57. The van der Waals surface area contributed by atoms with Crippen LogP contribution in [-0.4, -0.2) is 20.2 Å². The van der Waals surface area contributed by atoms with Gasteiger partial charge in [-0.25, -0.2) is 13.5 Å². The van der Waals surface area contributed by atoms with Crippen molar-refractivity contribution in [2.75, 3.05) is 5.32 Å². The second-order valence-corrected chi connectivity index (χ2v) is 3.22. The fourth-order valence-corrected chi connectivity index (χ4v) is 1.22. The number of halogens is 2. The summed E-state index contributed by atoms with van der Waals surface area (Å²) in [6, 6.07) is 3.42. The summed E-state index contributed by atoms with van der Waals surface area (Å²) in [7, 11) is 1.66. The summed E-state index contributed by atoms with van der Waals surface area (Å²) < 4.78 is 27.3. The molecule has 0 amide bonds. The molecule has 0 radical (unpaired) electrons. The Hall–Kier alpha value is -2.05. The van der Waals surface area contributed by atoms with Crippen molar-refractivity contribution in [3.8, 4) is 0 Å². The summed E-state index contributed by atoms with van der Waals surface area (Å²) >= 11 is 0. The lowest BCUT2D eigenvalue weighted by Gasteiger charge is -2.05.